The summed E-state index contributed by atoms with van der Waals surface area (Å²) in [5, 5.41) is 15.5. The summed E-state index contributed by atoms with van der Waals surface area (Å²) in [6.45, 7) is 7.18. The maximum Gasteiger partial charge on any atom is 0.126 e. The zero-order chi connectivity index (χ0) is 15.7. The Morgan fingerprint density at radius 1 is 1.33 bits per heavy atom. The van der Waals surface area contributed by atoms with E-state index in [1.165, 1.54) is 0 Å². The number of nitrogens with zero attached hydrogens (tertiary/aromatic N) is 3. The number of rotatable bonds is 5. The molecule has 1 atom stereocenters. The SMILES string of the molecule is Cc1oc(C)c(C(O)c2c(Cl)cnn2CCN(C)C)c1C. The monoisotopic (exact) mass is 311 g/mol. The van der Waals surface area contributed by atoms with E-state index in [1.54, 1.807) is 10.9 Å². The summed E-state index contributed by atoms with van der Waals surface area (Å²) in [4.78, 5) is 2.06. The molecule has 21 heavy (non-hydrogen) atoms. The van der Waals surface area contributed by atoms with Gasteiger partial charge in [-0.15, -0.1) is 0 Å². The van der Waals surface area contributed by atoms with Crippen LogP contribution in [0.4, 0.5) is 0 Å². The Bertz CT molecular complexity index is 631. The summed E-state index contributed by atoms with van der Waals surface area (Å²) in [6.07, 6.45) is 0.743. The van der Waals surface area contributed by atoms with Crippen LogP contribution < -0.4 is 0 Å². The van der Waals surface area contributed by atoms with Crippen molar-refractivity contribution in [1.82, 2.24) is 14.7 Å². The predicted octanol–water partition coefficient (Wildman–Crippen LogP) is 2.70. The highest BCUT2D eigenvalue weighted by molar-refractivity contribution is 6.31. The van der Waals surface area contributed by atoms with Crippen molar-refractivity contribution >= 4 is 11.6 Å². The highest BCUT2D eigenvalue weighted by atomic mass is 35.5. The number of hydrogen-bond donors (Lipinski definition) is 1. The summed E-state index contributed by atoms with van der Waals surface area (Å²) >= 11 is 6.23. The fourth-order valence-corrected chi connectivity index (χ4v) is 2.71. The van der Waals surface area contributed by atoms with Crippen LogP contribution in [0, 0.1) is 20.8 Å². The Labute approximate surface area is 130 Å². The van der Waals surface area contributed by atoms with Gasteiger partial charge in [-0.2, -0.15) is 5.10 Å². The fraction of sp³-hybridized carbons (Fsp3) is 0.533. The van der Waals surface area contributed by atoms with Gasteiger partial charge in [0.05, 0.1) is 23.5 Å². The van der Waals surface area contributed by atoms with Gasteiger partial charge in [-0.1, -0.05) is 11.6 Å². The molecule has 0 saturated heterocycles. The Morgan fingerprint density at radius 2 is 2.00 bits per heavy atom. The van der Waals surface area contributed by atoms with Crippen molar-refractivity contribution < 1.29 is 9.52 Å². The van der Waals surface area contributed by atoms with Gasteiger partial charge in [-0.3, -0.25) is 4.68 Å². The van der Waals surface area contributed by atoms with Crippen molar-refractivity contribution in [3.05, 3.63) is 39.6 Å². The van der Waals surface area contributed by atoms with Gasteiger partial charge >= 0.3 is 0 Å². The van der Waals surface area contributed by atoms with E-state index < -0.39 is 6.10 Å². The first-order chi connectivity index (χ1) is 9.82. The summed E-state index contributed by atoms with van der Waals surface area (Å²) in [5.41, 5.74) is 2.35. The molecule has 2 heterocycles. The quantitative estimate of drug-likeness (QED) is 0.922. The van der Waals surface area contributed by atoms with E-state index in [0.717, 1.165) is 23.4 Å². The van der Waals surface area contributed by atoms with Crippen LogP contribution >= 0.6 is 11.6 Å². The first kappa shape index (κ1) is 16.1. The lowest BCUT2D eigenvalue weighted by Crippen LogP contribution is -2.21. The molecule has 1 N–H and O–H groups in total. The summed E-state index contributed by atoms with van der Waals surface area (Å²) < 4.78 is 7.36. The van der Waals surface area contributed by atoms with Gasteiger partial charge in [0.25, 0.3) is 0 Å². The van der Waals surface area contributed by atoms with Gasteiger partial charge in [0.2, 0.25) is 0 Å². The zero-order valence-electron chi connectivity index (χ0n) is 13.1. The van der Waals surface area contributed by atoms with Crippen LogP contribution in [0.1, 0.15) is 34.4 Å². The van der Waals surface area contributed by atoms with Crippen LogP contribution in [0.2, 0.25) is 5.02 Å². The molecule has 0 bridgehead atoms. The number of aliphatic hydroxyl groups excluding tert-OH is 1. The van der Waals surface area contributed by atoms with Crippen LogP contribution in [-0.2, 0) is 6.54 Å². The van der Waals surface area contributed by atoms with Crippen molar-refractivity contribution in [3.8, 4) is 0 Å². The normalized spacial score (nSPS) is 13.1. The molecular weight excluding hydrogens is 290 g/mol. The molecule has 2 aromatic rings. The number of hydrogen-bond acceptors (Lipinski definition) is 4. The van der Waals surface area contributed by atoms with E-state index in [2.05, 4.69) is 10.00 Å². The molecule has 116 valence electrons. The lowest BCUT2D eigenvalue weighted by Gasteiger charge is -2.16. The minimum absolute atomic E-state index is 0.471. The van der Waals surface area contributed by atoms with Crippen LogP contribution in [0.15, 0.2) is 10.6 Å². The van der Waals surface area contributed by atoms with Gasteiger partial charge in [0, 0.05) is 12.1 Å². The van der Waals surface area contributed by atoms with Crippen LogP contribution in [0.5, 0.6) is 0 Å². The Kier molecular flexibility index (Phi) is 4.76. The average Bonchev–Trinajstić information content (AvgIpc) is 2.88. The summed E-state index contributed by atoms with van der Waals surface area (Å²) in [7, 11) is 3.99. The molecule has 0 aliphatic carbocycles. The Morgan fingerprint density at radius 3 is 2.52 bits per heavy atom. The van der Waals surface area contributed by atoms with E-state index in [1.807, 2.05) is 34.9 Å². The van der Waals surface area contributed by atoms with Gasteiger partial charge in [-0.25, -0.2) is 0 Å². The topological polar surface area (TPSA) is 54.4 Å². The second kappa shape index (κ2) is 6.22. The van der Waals surface area contributed by atoms with Gasteiger partial charge < -0.3 is 14.4 Å². The number of likely N-dealkylation sites (N-methyl/N-ethyl adjacent to an activating group) is 1. The van der Waals surface area contributed by atoms with Crippen LogP contribution in [0.25, 0.3) is 0 Å². The van der Waals surface area contributed by atoms with Gasteiger partial charge in [0.1, 0.15) is 17.6 Å². The van der Waals surface area contributed by atoms with Crippen molar-refractivity contribution in [2.45, 2.75) is 33.4 Å². The minimum atomic E-state index is -0.834. The standard InChI is InChI=1S/C15H22ClN3O2/c1-9-10(2)21-11(3)13(9)15(20)14-12(16)8-17-19(14)7-6-18(4)5/h8,15,20H,6-7H2,1-5H3. The molecule has 0 fully saturated rings. The van der Waals surface area contributed by atoms with Crippen LogP contribution in [0.3, 0.4) is 0 Å². The molecule has 0 saturated carbocycles. The van der Waals surface area contributed by atoms with Gasteiger partial charge in [-0.05, 0) is 40.4 Å². The largest absolute Gasteiger partial charge is 0.466 e. The molecule has 6 heteroatoms. The van der Waals surface area contributed by atoms with Crippen LogP contribution in [-0.4, -0.2) is 40.4 Å². The number of aromatic nitrogens is 2. The average molecular weight is 312 g/mol. The van der Waals surface area contributed by atoms with E-state index in [0.29, 0.717) is 23.0 Å². The molecule has 1 unspecified atom stereocenters. The van der Waals surface area contributed by atoms with Crippen molar-refractivity contribution in [2.75, 3.05) is 20.6 Å². The molecule has 0 radical (unpaired) electrons. The molecule has 0 aliphatic heterocycles. The van der Waals surface area contributed by atoms with Crippen molar-refractivity contribution in [1.29, 1.82) is 0 Å². The highest BCUT2D eigenvalue weighted by Gasteiger charge is 2.26. The molecule has 2 rings (SSSR count). The number of aryl methyl sites for hydroxylation is 2. The fourth-order valence-electron chi connectivity index (χ4n) is 2.47. The molecule has 2 aromatic heterocycles. The van der Waals surface area contributed by atoms with E-state index in [9.17, 15) is 5.11 Å². The second-order valence-corrected chi connectivity index (χ2v) is 5.97. The van der Waals surface area contributed by atoms with E-state index >= 15 is 0 Å². The van der Waals surface area contributed by atoms with E-state index in [-0.39, 0.29) is 0 Å². The molecular formula is C15H22ClN3O2. The van der Waals surface area contributed by atoms with Gasteiger partial charge in [0.15, 0.2) is 0 Å². The maximum atomic E-state index is 10.8. The number of furan rings is 1. The van der Waals surface area contributed by atoms with Crippen molar-refractivity contribution in [3.63, 3.8) is 0 Å². The third kappa shape index (κ3) is 3.15. The first-order valence-electron chi connectivity index (χ1n) is 6.93. The van der Waals surface area contributed by atoms with Crippen molar-refractivity contribution in [2.24, 2.45) is 0 Å². The summed E-state index contributed by atoms with van der Waals surface area (Å²) in [6, 6.07) is 0. The zero-order valence-corrected chi connectivity index (χ0v) is 13.9. The number of aliphatic hydroxyl groups is 1. The lowest BCUT2D eigenvalue weighted by molar-refractivity contribution is 0.203. The Hall–Kier alpha value is -1.30. The molecule has 0 aromatic carbocycles. The smallest absolute Gasteiger partial charge is 0.126 e. The molecule has 0 spiro atoms. The lowest BCUT2D eigenvalue weighted by atomic mass is 10.0. The van der Waals surface area contributed by atoms with E-state index in [4.69, 9.17) is 16.0 Å². The number of halogens is 1. The summed E-state index contributed by atoms with van der Waals surface area (Å²) in [5.74, 6) is 1.53. The maximum absolute atomic E-state index is 10.8. The third-order valence-corrected chi connectivity index (χ3v) is 4.03. The predicted molar refractivity (Wildman–Crippen MR) is 82.8 cm³/mol. The Balaban J connectivity index is 2.39. The highest BCUT2D eigenvalue weighted by Crippen LogP contribution is 2.34. The third-order valence-electron chi connectivity index (χ3n) is 3.74. The molecule has 0 aliphatic rings. The molecule has 5 nitrogen and oxygen atoms in total. The first-order valence-corrected chi connectivity index (χ1v) is 7.31. The second-order valence-electron chi connectivity index (χ2n) is 5.56. The molecule has 0 amide bonds. The minimum Gasteiger partial charge on any atom is -0.466 e.